The van der Waals surface area contributed by atoms with Crippen LogP contribution >= 0.6 is 23.2 Å². The van der Waals surface area contributed by atoms with Crippen LogP contribution in [0.4, 0.5) is 15.9 Å². The Balaban J connectivity index is 1.49. The third-order valence-electron chi connectivity index (χ3n) is 5.87. The maximum absolute atomic E-state index is 14.1. The number of pyridine rings is 1. The summed E-state index contributed by atoms with van der Waals surface area (Å²) in [5.41, 5.74) is -0.397. The van der Waals surface area contributed by atoms with Gasteiger partial charge in [0.1, 0.15) is 29.6 Å². The molecule has 1 fully saturated rings. The summed E-state index contributed by atoms with van der Waals surface area (Å²) in [7, 11) is 1.77. The van der Waals surface area contributed by atoms with Crippen LogP contribution in [0.15, 0.2) is 24.4 Å². The number of ether oxygens (including phenoxy) is 1. The van der Waals surface area contributed by atoms with Crippen LogP contribution in [0, 0.1) is 5.82 Å². The molecule has 1 aromatic heterocycles. The third kappa shape index (κ3) is 4.43. The highest BCUT2D eigenvalue weighted by Gasteiger charge is 2.42. The van der Waals surface area contributed by atoms with Gasteiger partial charge in [-0.25, -0.2) is 9.37 Å². The van der Waals surface area contributed by atoms with Crippen molar-refractivity contribution in [1.29, 1.82) is 0 Å². The van der Waals surface area contributed by atoms with E-state index in [2.05, 4.69) is 15.6 Å². The van der Waals surface area contributed by atoms with Crippen LogP contribution < -0.4 is 20.3 Å². The minimum Gasteiger partial charge on any atom is -0.490 e. The fourth-order valence-electron chi connectivity index (χ4n) is 4.11. The summed E-state index contributed by atoms with van der Waals surface area (Å²) in [4.78, 5) is 17.9. The lowest BCUT2D eigenvalue weighted by Crippen LogP contribution is -2.63. The highest BCUT2D eigenvalue weighted by atomic mass is 35.5. The van der Waals surface area contributed by atoms with E-state index in [-0.39, 0.29) is 30.7 Å². The number of carbonyl (C=O) groups is 1. The molecule has 0 saturated carbocycles. The average molecular weight is 469 g/mol. The number of anilines is 2. The number of aromatic nitrogens is 1. The van der Waals surface area contributed by atoms with Gasteiger partial charge in [0, 0.05) is 31.3 Å². The molecule has 2 aromatic rings. The Hall–Kier alpha value is -2.13. The lowest BCUT2D eigenvalue weighted by atomic mass is 9.87. The van der Waals surface area contributed by atoms with Crippen LogP contribution in [0.3, 0.4) is 0 Å². The van der Waals surface area contributed by atoms with Gasteiger partial charge in [0.25, 0.3) is 0 Å². The monoisotopic (exact) mass is 468 g/mol. The van der Waals surface area contributed by atoms with Crippen LogP contribution in [0.1, 0.15) is 18.4 Å². The van der Waals surface area contributed by atoms with E-state index < -0.39 is 11.4 Å². The molecule has 10 heteroatoms. The zero-order valence-electron chi connectivity index (χ0n) is 16.9. The highest BCUT2D eigenvalue weighted by molar-refractivity contribution is 6.36. The topological polar surface area (TPSA) is 86.7 Å². The average Bonchev–Trinajstić information content (AvgIpc) is 2.74. The molecule has 1 amide bonds. The van der Waals surface area contributed by atoms with E-state index in [9.17, 15) is 14.3 Å². The Morgan fingerprint density at radius 2 is 2.23 bits per heavy atom. The highest BCUT2D eigenvalue weighted by Crippen LogP contribution is 2.35. The van der Waals surface area contributed by atoms with Gasteiger partial charge in [-0.05, 0) is 38.1 Å². The van der Waals surface area contributed by atoms with E-state index >= 15 is 0 Å². The third-order valence-corrected chi connectivity index (χ3v) is 6.35. The van der Waals surface area contributed by atoms with Gasteiger partial charge >= 0.3 is 0 Å². The number of carbonyl (C=O) groups excluding carboxylic acids is 1. The molecule has 0 spiro atoms. The molecule has 2 atom stereocenters. The Kier molecular flexibility index (Phi) is 6.25. The molecule has 3 heterocycles. The van der Waals surface area contributed by atoms with Gasteiger partial charge in [-0.3, -0.25) is 4.79 Å². The van der Waals surface area contributed by atoms with Crippen LogP contribution in [-0.2, 0) is 11.2 Å². The van der Waals surface area contributed by atoms with Gasteiger partial charge in [0.15, 0.2) is 0 Å². The lowest BCUT2D eigenvalue weighted by molar-refractivity contribution is -0.116. The second kappa shape index (κ2) is 8.78. The summed E-state index contributed by atoms with van der Waals surface area (Å²) in [5, 5.41) is 18.0. The smallest absolute Gasteiger partial charge is 0.224 e. The first-order valence-electron chi connectivity index (χ1n) is 10.0. The predicted octanol–water partition coefficient (Wildman–Crippen LogP) is 3.02. The summed E-state index contributed by atoms with van der Waals surface area (Å²) >= 11 is 12.2. The van der Waals surface area contributed by atoms with Crippen molar-refractivity contribution in [2.24, 2.45) is 0 Å². The summed E-state index contributed by atoms with van der Waals surface area (Å²) in [6.07, 6.45) is 2.59. The quantitative estimate of drug-likeness (QED) is 0.625. The number of aliphatic hydroxyl groups is 1. The Morgan fingerprint density at radius 1 is 1.42 bits per heavy atom. The van der Waals surface area contributed by atoms with Crippen molar-refractivity contribution < 1.29 is 19.0 Å². The van der Waals surface area contributed by atoms with Crippen LogP contribution in [-0.4, -0.2) is 54.4 Å². The van der Waals surface area contributed by atoms with Gasteiger partial charge in [0.05, 0.1) is 21.8 Å². The number of piperidine rings is 1. The van der Waals surface area contributed by atoms with Gasteiger partial charge in [-0.2, -0.15) is 0 Å². The lowest BCUT2D eigenvalue weighted by Gasteiger charge is -2.44. The van der Waals surface area contributed by atoms with Crippen molar-refractivity contribution >= 4 is 40.6 Å². The van der Waals surface area contributed by atoms with E-state index in [0.717, 1.165) is 0 Å². The summed E-state index contributed by atoms with van der Waals surface area (Å²) in [6.45, 7) is 0.992. The van der Waals surface area contributed by atoms with Crippen LogP contribution in [0.5, 0.6) is 5.75 Å². The number of nitrogens with zero attached hydrogens (tertiary/aromatic N) is 2. The second-order valence-corrected chi connectivity index (χ2v) is 8.68. The van der Waals surface area contributed by atoms with Crippen LogP contribution in [0.2, 0.25) is 10.0 Å². The number of nitrogens with one attached hydrogen (secondary N) is 2. The van der Waals surface area contributed by atoms with Crippen LogP contribution in [0.25, 0.3) is 0 Å². The molecular weight excluding hydrogens is 446 g/mol. The normalized spacial score (nSPS) is 23.3. The van der Waals surface area contributed by atoms with Crippen molar-refractivity contribution in [3.8, 4) is 5.75 Å². The van der Waals surface area contributed by atoms with Crippen molar-refractivity contribution in [1.82, 2.24) is 10.3 Å². The number of halogens is 3. The molecular formula is C21H23Cl2FN4O3. The Labute approximate surface area is 189 Å². The summed E-state index contributed by atoms with van der Waals surface area (Å²) in [6, 6.07) is 4.11. The van der Waals surface area contributed by atoms with Crippen molar-refractivity contribution in [3.05, 3.63) is 45.8 Å². The van der Waals surface area contributed by atoms with E-state index in [1.807, 2.05) is 4.90 Å². The first-order valence-corrected chi connectivity index (χ1v) is 10.8. The zero-order chi connectivity index (χ0) is 22.2. The summed E-state index contributed by atoms with van der Waals surface area (Å²) < 4.78 is 20.1. The molecule has 3 N–H and O–H groups in total. The largest absolute Gasteiger partial charge is 0.490 e. The van der Waals surface area contributed by atoms with E-state index in [1.54, 1.807) is 13.1 Å². The SMILES string of the molecule is CN[C@@H]1CN(c2ncc(Cl)cc2Cl)CC[C@]1(O)COc1ccc(F)c2c1CCC(=O)N2. The van der Waals surface area contributed by atoms with E-state index in [4.69, 9.17) is 27.9 Å². The predicted molar refractivity (Wildman–Crippen MR) is 118 cm³/mol. The molecule has 0 unspecified atom stereocenters. The summed E-state index contributed by atoms with van der Waals surface area (Å²) in [5.74, 6) is 0.351. The first kappa shape index (κ1) is 22.1. The Bertz CT molecular complexity index is 1010. The molecule has 1 saturated heterocycles. The van der Waals surface area contributed by atoms with Gasteiger partial charge < -0.3 is 25.4 Å². The number of benzene rings is 1. The van der Waals surface area contributed by atoms with Crippen molar-refractivity contribution in [2.45, 2.75) is 30.9 Å². The molecule has 2 aliphatic rings. The molecule has 4 rings (SSSR count). The maximum atomic E-state index is 14.1. The number of amides is 1. The zero-order valence-corrected chi connectivity index (χ0v) is 18.4. The van der Waals surface area contributed by atoms with Gasteiger partial charge in [0.2, 0.25) is 5.91 Å². The van der Waals surface area contributed by atoms with Crippen molar-refractivity contribution in [2.75, 3.05) is 37.0 Å². The number of hydrogen-bond donors (Lipinski definition) is 3. The second-order valence-electron chi connectivity index (χ2n) is 7.84. The van der Waals surface area contributed by atoms with Crippen molar-refractivity contribution in [3.63, 3.8) is 0 Å². The van der Waals surface area contributed by atoms with E-state index in [1.165, 1.54) is 18.3 Å². The molecule has 2 aliphatic heterocycles. The minimum atomic E-state index is -1.16. The minimum absolute atomic E-state index is 0.0140. The maximum Gasteiger partial charge on any atom is 0.224 e. The number of hydrogen-bond acceptors (Lipinski definition) is 6. The molecule has 1 aromatic carbocycles. The number of likely N-dealkylation sites (N-methyl/N-ethyl adjacent to an activating group) is 1. The van der Waals surface area contributed by atoms with E-state index in [0.29, 0.717) is 53.1 Å². The standard InChI is InChI=1S/C21H23Cl2FN4O3/c1-25-17-10-28(20-14(23)8-12(22)9-26-20)7-6-21(17,30)11-31-16-4-3-15(24)19-13(16)2-5-18(29)27-19/h3-4,8-9,17,25,30H,2,5-7,10-11H2,1H3,(H,27,29)/t17-,21+/m1/s1. The number of fused-ring (bicyclic) bond motifs is 1. The van der Waals surface area contributed by atoms with Gasteiger partial charge in [-0.1, -0.05) is 23.2 Å². The molecule has 0 aliphatic carbocycles. The molecule has 0 bridgehead atoms. The fourth-order valence-corrected chi connectivity index (χ4v) is 4.61. The van der Waals surface area contributed by atoms with Gasteiger partial charge in [-0.15, -0.1) is 0 Å². The molecule has 7 nitrogen and oxygen atoms in total. The first-order chi connectivity index (χ1) is 14.8. The molecule has 31 heavy (non-hydrogen) atoms. The number of rotatable bonds is 5. The Morgan fingerprint density at radius 3 is 2.97 bits per heavy atom. The molecule has 166 valence electrons. The fraction of sp³-hybridized carbons (Fsp3) is 0.429. The molecule has 0 radical (unpaired) electrons.